The second kappa shape index (κ2) is 7.39. The molecule has 118 valence electrons. The van der Waals surface area contributed by atoms with Crippen LogP contribution in [0.4, 0.5) is 4.79 Å². The summed E-state index contributed by atoms with van der Waals surface area (Å²) in [7, 11) is -0.417. The Morgan fingerprint density at radius 2 is 1.81 bits per heavy atom. The molecule has 0 saturated carbocycles. The van der Waals surface area contributed by atoms with Crippen molar-refractivity contribution < 1.29 is 18.3 Å². The molecule has 1 aromatic carbocycles. The zero-order chi connectivity index (χ0) is 16.0. The summed E-state index contributed by atoms with van der Waals surface area (Å²) in [6.07, 6.45) is -0.643. The Balaban J connectivity index is 2.55. The van der Waals surface area contributed by atoms with Gasteiger partial charge in [-0.1, -0.05) is 12.1 Å². The number of nitrogens with one attached hydrogen (secondary N) is 2. The van der Waals surface area contributed by atoms with Crippen LogP contribution in [-0.4, -0.2) is 51.6 Å². The second-order valence-electron chi connectivity index (χ2n) is 4.77. The summed E-state index contributed by atoms with van der Waals surface area (Å²) in [6.45, 7) is 1.90. The number of amides is 2. The van der Waals surface area contributed by atoms with E-state index in [-0.39, 0.29) is 24.0 Å². The van der Waals surface area contributed by atoms with Gasteiger partial charge in [-0.05, 0) is 24.6 Å². The van der Waals surface area contributed by atoms with Gasteiger partial charge in [0.1, 0.15) is 0 Å². The molecule has 0 radical (unpaired) electrons. The van der Waals surface area contributed by atoms with E-state index in [1.54, 1.807) is 33.2 Å². The van der Waals surface area contributed by atoms with Crippen molar-refractivity contribution in [2.75, 3.05) is 27.2 Å². The fourth-order valence-electron chi connectivity index (χ4n) is 1.52. The summed E-state index contributed by atoms with van der Waals surface area (Å²) >= 11 is 0. The number of urea groups is 1. The summed E-state index contributed by atoms with van der Waals surface area (Å²) in [5.41, 5.74) is 0.646. The number of aliphatic hydroxyl groups excluding tert-OH is 1. The van der Waals surface area contributed by atoms with Crippen LogP contribution in [0.25, 0.3) is 0 Å². The Labute approximate surface area is 125 Å². The van der Waals surface area contributed by atoms with Crippen molar-refractivity contribution in [2.45, 2.75) is 17.9 Å². The van der Waals surface area contributed by atoms with Gasteiger partial charge in [0.05, 0.1) is 11.0 Å². The first-order valence-corrected chi connectivity index (χ1v) is 7.95. The lowest BCUT2D eigenvalue weighted by Gasteiger charge is -2.12. The SMILES string of the molecule is CC(O)c1ccc(S(=O)(=O)NCCNC(=O)N(C)C)cc1. The minimum atomic E-state index is -3.62. The molecule has 8 heteroatoms. The van der Waals surface area contributed by atoms with E-state index in [2.05, 4.69) is 10.0 Å². The molecular weight excluding hydrogens is 294 g/mol. The van der Waals surface area contributed by atoms with E-state index >= 15 is 0 Å². The third-order valence-electron chi connectivity index (χ3n) is 2.77. The minimum absolute atomic E-state index is 0.0973. The van der Waals surface area contributed by atoms with Gasteiger partial charge < -0.3 is 15.3 Å². The van der Waals surface area contributed by atoms with Gasteiger partial charge in [0.2, 0.25) is 10.0 Å². The highest BCUT2D eigenvalue weighted by molar-refractivity contribution is 7.89. The van der Waals surface area contributed by atoms with E-state index in [0.717, 1.165) is 0 Å². The van der Waals surface area contributed by atoms with Gasteiger partial charge in [0.15, 0.2) is 0 Å². The lowest BCUT2D eigenvalue weighted by Crippen LogP contribution is -2.39. The number of carbonyl (C=O) groups excluding carboxylic acids is 1. The Kier molecular flexibility index (Phi) is 6.13. The Hall–Kier alpha value is -1.64. The van der Waals surface area contributed by atoms with Gasteiger partial charge in [0.25, 0.3) is 0 Å². The predicted molar refractivity (Wildman–Crippen MR) is 79.4 cm³/mol. The molecule has 0 aliphatic carbocycles. The van der Waals surface area contributed by atoms with Crippen LogP contribution in [0, 0.1) is 0 Å². The summed E-state index contributed by atoms with van der Waals surface area (Å²) in [6, 6.07) is 5.71. The molecule has 7 nitrogen and oxygen atoms in total. The molecule has 0 heterocycles. The van der Waals surface area contributed by atoms with E-state index in [9.17, 15) is 18.3 Å². The van der Waals surface area contributed by atoms with Crippen LogP contribution in [0.1, 0.15) is 18.6 Å². The van der Waals surface area contributed by atoms with Gasteiger partial charge in [-0.25, -0.2) is 17.9 Å². The van der Waals surface area contributed by atoms with Crippen molar-refractivity contribution in [3.05, 3.63) is 29.8 Å². The maximum Gasteiger partial charge on any atom is 0.316 e. The highest BCUT2D eigenvalue weighted by Crippen LogP contribution is 2.15. The average Bonchev–Trinajstić information content (AvgIpc) is 2.43. The lowest BCUT2D eigenvalue weighted by molar-refractivity contribution is 0.199. The van der Waals surface area contributed by atoms with Crippen molar-refractivity contribution in [1.82, 2.24) is 14.9 Å². The highest BCUT2D eigenvalue weighted by Gasteiger charge is 2.14. The van der Waals surface area contributed by atoms with E-state index in [1.807, 2.05) is 0 Å². The molecular formula is C13H21N3O4S. The number of hydrogen-bond acceptors (Lipinski definition) is 4. The smallest absolute Gasteiger partial charge is 0.316 e. The van der Waals surface area contributed by atoms with Crippen LogP contribution in [0.2, 0.25) is 0 Å². The third-order valence-corrected chi connectivity index (χ3v) is 4.25. The first kappa shape index (κ1) is 17.4. The monoisotopic (exact) mass is 315 g/mol. The van der Waals surface area contributed by atoms with Gasteiger partial charge >= 0.3 is 6.03 Å². The molecule has 3 N–H and O–H groups in total. The molecule has 0 spiro atoms. The molecule has 1 unspecified atom stereocenters. The van der Waals surface area contributed by atoms with E-state index in [0.29, 0.717) is 5.56 Å². The minimum Gasteiger partial charge on any atom is -0.389 e. The molecule has 0 saturated heterocycles. The number of aliphatic hydroxyl groups is 1. The second-order valence-corrected chi connectivity index (χ2v) is 6.54. The summed E-state index contributed by atoms with van der Waals surface area (Å²) in [4.78, 5) is 12.7. The average molecular weight is 315 g/mol. The highest BCUT2D eigenvalue weighted by atomic mass is 32.2. The topological polar surface area (TPSA) is 98.7 Å². The predicted octanol–water partition coefficient (Wildman–Crippen LogP) is 0.289. The number of hydrogen-bond donors (Lipinski definition) is 3. The van der Waals surface area contributed by atoms with Crippen LogP contribution < -0.4 is 10.0 Å². The maximum atomic E-state index is 12.0. The van der Waals surface area contributed by atoms with Crippen LogP contribution in [-0.2, 0) is 10.0 Å². The molecule has 1 aromatic rings. The molecule has 21 heavy (non-hydrogen) atoms. The Morgan fingerprint density at radius 3 is 2.29 bits per heavy atom. The van der Waals surface area contributed by atoms with Crippen molar-refractivity contribution in [2.24, 2.45) is 0 Å². The van der Waals surface area contributed by atoms with Crippen molar-refractivity contribution in [3.63, 3.8) is 0 Å². The van der Waals surface area contributed by atoms with Gasteiger partial charge in [-0.2, -0.15) is 0 Å². The fourth-order valence-corrected chi connectivity index (χ4v) is 2.55. The zero-order valence-corrected chi connectivity index (χ0v) is 13.1. The first-order valence-electron chi connectivity index (χ1n) is 6.47. The number of carbonyl (C=O) groups is 1. The van der Waals surface area contributed by atoms with E-state index in [4.69, 9.17) is 0 Å². The molecule has 0 fully saturated rings. The summed E-state index contributed by atoms with van der Waals surface area (Å²) in [5.74, 6) is 0. The largest absolute Gasteiger partial charge is 0.389 e. The molecule has 2 amide bonds. The fraction of sp³-hybridized carbons (Fsp3) is 0.462. The number of benzene rings is 1. The third kappa shape index (κ3) is 5.33. The number of rotatable bonds is 6. The van der Waals surface area contributed by atoms with Crippen LogP contribution in [0.3, 0.4) is 0 Å². The van der Waals surface area contributed by atoms with E-state index in [1.165, 1.54) is 17.0 Å². The van der Waals surface area contributed by atoms with Crippen molar-refractivity contribution in [3.8, 4) is 0 Å². The quantitative estimate of drug-likeness (QED) is 0.657. The zero-order valence-electron chi connectivity index (χ0n) is 12.3. The molecule has 0 bridgehead atoms. The van der Waals surface area contributed by atoms with Crippen LogP contribution >= 0.6 is 0 Å². The molecule has 1 rings (SSSR count). The number of sulfonamides is 1. The molecule has 0 aliphatic rings. The lowest BCUT2D eigenvalue weighted by atomic mass is 10.1. The molecule has 0 aromatic heterocycles. The van der Waals surface area contributed by atoms with Gasteiger partial charge in [-0.3, -0.25) is 0 Å². The standard InChI is InChI=1S/C13H21N3O4S/c1-10(17)11-4-6-12(7-5-11)21(19,20)15-9-8-14-13(18)16(2)3/h4-7,10,15,17H,8-9H2,1-3H3,(H,14,18). The maximum absolute atomic E-state index is 12.0. The van der Waals surface area contributed by atoms with Crippen molar-refractivity contribution in [1.29, 1.82) is 0 Å². The number of nitrogens with zero attached hydrogens (tertiary/aromatic N) is 1. The van der Waals surface area contributed by atoms with Crippen LogP contribution in [0.15, 0.2) is 29.2 Å². The molecule has 0 aliphatic heterocycles. The van der Waals surface area contributed by atoms with Gasteiger partial charge in [0, 0.05) is 27.2 Å². The Morgan fingerprint density at radius 1 is 1.24 bits per heavy atom. The molecule has 1 atom stereocenters. The van der Waals surface area contributed by atoms with Crippen LogP contribution in [0.5, 0.6) is 0 Å². The Bertz CT molecular complexity index is 568. The first-order chi connectivity index (χ1) is 9.74. The normalized spacial score (nSPS) is 12.8. The van der Waals surface area contributed by atoms with Crippen molar-refractivity contribution >= 4 is 16.1 Å². The summed E-state index contributed by atoms with van der Waals surface area (Å²) in [5, 5.41) is 11.9. The van der Waals surface area contributed by atoms with Gasteiger partial charge in [-0.15, -0.1) is 0 Å². The van der Waals surface area contributed by atoms with E-state index < -0.39 is 16.1 Å². The summed E-state index contributed by atoms with van der Waals surface area (Å²) < 4.78 is 26.4.